The lowest BCUT2D eigenvalue weighted by molar-refractivity contribution is -0.119. The second-order valence-electron chi connectivity index (χ2n) is 7.29. The lowest BCUT2D eigenvalue weighted by atomic mass is 10.1. The van der Waals surface area contributed by atoms with Crippen molar-refractivity contribution in [1.29, 1.82) is 0 Å². The van der Waals surface area contributed by atoms with Crippen LogP contribution in [0.5, 0.6) is 0 Å². The number of ether oxygens (including phenoxy) is 1. The van der Waals surface area contributed by atoms with Crippen LogP contribution in [0.15, 0.2) is 77.7 Å². The maximum absolute atomic E-state index is 12.5. The molecule has 0 aromatic heterocycles. The van der Waals surface area contributed by atoms with E-state index < -0.39 is 18.5 Å². The van der Waals surface area contributed by atoms with Crippen molar-refractivity contribution < 1.29 is 23.9 Å². The number of nitrogens with zero attached hydrogens (tertiary/aromatic N) is 1. The molecule has 33 heavy (non-hydrogen) atoms. The van der Waals surface area contributed by atoms with Gasteiger partial charge in [0, 0.05) is 10.6 Å². The van der Waals surface area contributed by atoms with E-state index in [1.807, 2.05) is 18.4 Å². The fourth-order valence-electron chi connectivity index (χ4n) is 3.40. The number of esters is 1. The highest BCUT2D eigenvalue weighted by Crippen LogP contribution is 2.24. The molecule has 0 saturated heterocycles. The Morgan fingerprint density at radius 2 is 1.48 bits per heavy atom. The minimum atomic E-state index is -0.643. The van der Waals surface area contributed by atoms with Gasteiger partial charge in [0.05, 0.1) is 23.2 Å². The summed E-state index contributed by atoms with van der Waals surface area (Å²) in [6.07, 6.45) is 1.96. The summed E-state index contributed by atoms with van der Waals surface area (Å²) >= 11 is 1.60. The molecule has 0 unspecified atom stereocenters. The molecule has 0 aliphatic carbocycles. The summed E-state index contributed by atoms with van der Waals surface area (Å²) in [5, 5.41) is 2.67. The fourth-order valence-corrected chi connectivity index (χ4v) is 3.81. The van der Waals surface area contributed by atoms with Crippen LogP contribution in [-0.4, -0.2) is 41.5 Å². The normalized spacial score (nSPS) is 12.5. The summed E-state index contributed by atoms with van der Waals surface area (Å²) in [7, 11) is 0. The highest BCUT2D eigenvalue weighted by atomic mass is 32.2. The van der Waals surface area contributed by atoms with Gasteiger partial charge in [0.15, 0.2) is 6.61 Å². The second-order valence-corrected chi connectivity index (χ2v) is 8.17. The number of hydrogen-bond acceptors (Lipinski definition) is 6. The van der Waals surface area contributed by atoms with Crippen molar-refractivity contribution in [1.82, 2.24) is 4.90 Å². The second kappa shape index (κ2) is 9.70. The molecule has 0 radical (unpaired) electrons. The van der Waals surface area contributed by atoms with Gasteiger partial charge in [0.2, 0.25) is 0 Å². The predicted molar refractivity (Wildman–Crippen MR) is 124 cm³/mol. The first-order valence-corrected chi connectivity index (χ1v) is 11.3. The van der Waals surface area contributed by atoms with Gasteiger partial charge in [-0.25, -0.2) is 4.79 Å². The van der Waals surface area contributed by atoms with Gasteiger partial charge in [-0.05, 0) is 60.4 Å². The van der Waals surface area contributed by atoms with Crippen LogP contribution in [0.1, 0.15) is 36.6 Å². The molecule has 7 nitrogen and oxygen atoms in total. The van der Waals surface area contributed by atoms with Gasteiger partial charge in [-0.1, -0.05) is 24.3 Å². The van der Waals surface area contributed by atoms with Crippen LogP contribution in [0.25, 0.3) is 0 Å². The van der Waals surface area contributed by atoms with E-state index in [2.05, 4.69) is 5.32 Å². The Morgan fingerprint density at radius 1 is 0.879 bits per heavy atom. The Labute approximate surface area is 194 Å². The van der Waals surface area contributed by atoms with Crippen molar-refractivity contribution in [3.05, 3.63) is 95.1 Å². The van der Waals surface area contributed by atoms with Crippen LogP contribution < -0.4 is 5.32 Å². The molecule has 1 N–H and O–H groups in total. The molecule has 0 fully saturated rings. The van der Waals surface area contributed by atoms with E-state index in [0.717, 1.165) is 4.90 Å². The third-order valence-electron chi connectivity index (χ3n) is 5.12. The minimum Gasteiger partial charge on any atom is -0.452 e. The Bertz CT molecular complexity index is 1190. The van der Waals surface area contributed by atoms with Crippen LogP contribution in [0.3, 0.4) is 0 Å². The summed E-state index contributed by atoms with van der Waals surface area (Å²) in [5.74, 6) is -1.76. The number of fused-ring (bicyclic) bond motifs is 1. The fraction of sp³-hybridized carbons (Fsp3) is 0.120. The van der Waals surface area contributed by atoms with Crippen LogP contribution in [0.4, 0.5) is 5.69 Å². The molecule has 3 amide bonds. The first kappa shape index (κ1) is 22.3. The standard InChI is InChI=1S/C25H20N2O5S/c1-33-19-12-10-18(11-13-19)26-22(28)15-32-25(31)17-8-6-16(7-9-17)14-27-23(29)20-4-2-3-5-21(20)24(27)30/h2-13H,14-15H2,1H3,(H,26,28). The maximum Gasteiger partial charge on any atom is 0.338 e. The Kier molecular flexibility index (Phi) is 6.55. The third kappa shape index (κ3) is 4.96. The lowest BCUT2D eigenvalue weighted by Crippen LogP contribution is -2.29. The summed E-state index contributed by atoms with van der Waals surface area (Å²) in [6.45, 7) is -0.320. The highest BCUT2D eigenvalue weighted by Gasteiger charge is 2.34. The molecule has 8 heteroatoms. The number of anilines is 1. The summed E-state index contributed by atoms with van der Waals surface area (Å²) < 4.78 is 5.08. The number of carbonyl (C=O) groups is 4. The topological polar surface area (TPSA) is 92.8 Å². The van der Waals surface area contributed by atoms with Gasteiger partial charge in [-0.3, -0.25) is 19.3 Å². The molecule has 0 bridgehead atoms. The molecular formula is C25H20N2O5S. The van der Waals surface area contributed by atoms with Crippen molar-refractivity contribution in [2.24, 2.45) is 0 Å². The zero-order valence-electron chi connectivity index (χ0n) is 17.7. The van der Waals surface area contributed by atoms with Crippen molar-refractivity contribution in [2.45, 2.75) is 11.4 Å². The molecule has 166 valence electrons. The van der Waals surface area contributed by atoms with E-state index in [4.69, 9.17) is 4.74 Å². The summed E-state index contributed by atoms with van der Waals surface area (Å²) in [6, 6.07) is 20.4. The molecule has 3 aromatic carbocycles. The zero-order valence-corrected chi connectivity index (χ0v) is 18.6. The number of hydrogen-bond donors (Lipinski definition) is 1. The largest absolute Gasteiger partial charge is 0.452 e. The average molecular weight is 461 g/mol. The monoisotopic (exact) mass is 460 g/mol. The quantitative estimate of drug-likeness (QED) is 0.326. The molecule has 1 heterocycles. The van der Waals surface area contributed by atoms with Gasteiger partial charge < -0.3 is 10.1 Å². The predicted octanol–water partition coefficient (Wildman–Crippen LogP) is 4.00. The summed E-state index contributed by atoms with van der Waals surface area (Å²) in [5.41, 5.74) is 2.35. The number of thioether (sulfide) groups is 1. The number of benzene rings is 3. The molecule has 1 aliphatic rings. The number of nitrogens with one attached hydrogen (secondary N) is 1. The molecule has 0 spiro atoms. The molecule has 4 rings (SSSR count). The van der Waals surface area contributed by atoms with Gasteiger partial charge in [0.1, 0.15) is 0 Å². The van der Waals surface area contributed by atoms with Crippen molar-refractivity contribution in [3.63, 3.8) is 0 Å². The third-order valence-corrected chi connectivity index (χ3v) is 5.86. The van der Waals surface area contributed by atoms with E-state index in [1.165, 1.54) is 17.0 Å². The van der Waals surface area contributed by atoms with Crippen LogP contribution >= 0.6 is 11.8 Å². The highest BCUT2D eigenvalue weighted by molar-refractivity contribution is 7.98. The lowest BCUT2D eigenvalue weighted by Gasteiger charge is -2.14. The number of amides is 3. The van der Waals surface area contributed by atoms with E-state index >= 15 is 0 Å². The van der Waals surface area contributed by atoms with E-state index in [0.29, 0.717) is 22.4 Å². The minimum absolute atomic E-state index is 0.0966. The van der Waals surface area contributed by atoms with Crippen LogP contribution in [0, 0.1) is 0 Å². The van der Waals surface area contributed by atoms with E-state index in [-0.39, 0.29) is 23.9 Å². The Balaban J connectivity index is 1.30. The molecule has 3 aromatic rings. The van der Waals surface area contributed by atoms with Crippen molar-refractivity contribution >= 4 is 41.1 Å². The van der Waals surface area contributed by atoms with Gasteiger partial charge >= 0.3 is 5.97 Å². The summed E-state index contributed by atoms with van der Waals surface area (Å²) in [4.78, 5) is 51.5. The van der Waals surface area contributed by atoms with Crippen LogP contribution in [0.2, 0.25) is 0 Å². The van der Waals surface area contributed by atoms with E-state index in [9.17, 15) is 19.2 Å². The van der Waals surface area contributed by atoms with Crippen molar-refractivity contribution in [3.8, 4) is 0 Å². The molecular weight excluding hydrogens is 440 g/mol. The number of rotatable bonds is 7. The first-order chi connectivity index (χ1) is 16.0. The van der Waals surface area contributed by atoms with E-state index in [1.54, 1.807) is 60.3 Å². The zero-order chi connectivity index (χ0) is 23.4. The van der Waals surface area contributed by atoms with Gasteiger partial charge in [0.25, 0.3) is 17.7 Å². The van der Waals surface area contributed by atoms with Gasteiger partial charge in [-0.15, -0.1) is 11.8 Å². The number of imide groups is 1. The molecule has 0 atom stereocenters. The maximum atomic E-state index is 12.5. The Hall–Kier alpha value is -3.91. The van der Waals surface area contributed by atoms with Gasteiger partial charge in [-0.2, -0.15) is 0 Å². The van der Waals surface area contributed by atoms with Crippen molar-refractivity contribution in [2.75, 3.05) is 18.2 Å². The first-order valence-electron chi connectivity index (χ1n) is 10.1. The number of carbonyl (C=O) groups excluding carboxylic acids is 4. The smallest absolute Gasteiger partial charge is 0.338 e. The molecule has 0 saturated carbocycles. The Morgan fingerprint density at radius 3 is 2.06 bits per heavy atom. The SMILES string of the molecule is CSc1ccc(NC(=O)COC(=O)c2ccc(CN3C(=O)c4ccccc4C3=O)cc2)cc1. The van der Waals surface area contributed by atoms with Crippen LogP contribution in [-0.2, 0) is 16.1 Å². The average Bonchev–Trinajstić information content (AvgIpc) is 3.08. The molecule has 1 aliphatic heterocycles.